The van der Waals surface area contributed by atoms with E-state index in [1.54, 1.807) is 18.4 Å². The molecule has 0 unspecified atom stereocenters. The third-order valence-corrected chi connectivity index (χ3v) is 5.23. The average molecular weight is 311 g/mol. The first-order valence-corrected chi connectivity index (χ1v) is 8.32. The highest BCUT2D eigenvalue weighted by molar-refractivity contribution is 7.11. The van der Waals surface area contributed by atoms with Crippen molar-refractivity contribution in [2.75, 3.05) is 33.9 Å². The van der Waals surface area contributed by atoms with Gasteiger partial charge in [0, 0.05) is 25.2 Å². The van der Waals surface area contributed by atoms with Crippen LogP contribution in [0.1, 0.15) is 29.7 Å². The molecule has 1 saturated heterocycles. The van der Waals surface area contributed by atoms with E-state index in [1.165, 1.54) is 4.88 Å². The van der Waals surface area contributed by atoms with Gasteiger partial charge in [0.05, 0.1) is 18.6 Å². The third-order valence-electron chi connectivity index (χ3n) is 4.10. The summed E-state index contributed by atoms with van der Waals surface area (Å²) in [7, 11) is 3.54. The molecule has 6 heteroatoms. The molecule has 1 N–H and O–H groups in total. The zero-order valence-electron chi connectivity index (χ0n) is 13.1. The second kappa shape index (κ2) is 7.33. The van der Waals surface area contributed by atoms with Gasteiger partial charge in [-0.05, 0) is 32.4 Å². The zero-order valence-corrected chi connectivity index (χ0v) is 14.0. The number of hydrogen-bond donors (Lipinski definition) is 1. The smallest absolute Gasteiger partial charge is 0.231 e. The number of carbonyl (C=O) groups excluding carboxylic acids is 1. The maximum Gasteiger partial charge on any atom is 0.231 e. The minimum Gasteiger partial charge on any atom is -0.384 e. The Labute approximate surface area is 130 Å². The van der Waals surface area contributed by atoms with Gasteiger partial charge in [-0.2, -0.15) is 0 Å². The van der Waals surface area contributed by atoms with E-state index >= 15 is 0 Å². The summed E-state index contributed by atoms with van der Waals surface area (Å²) in [6, 6.07) is 0. The summed E-state index contributed by atoms with van der Waals surface area (Å²) in [5, 5.41) is 4.32. The number of carbonyl (C=O) groups is 1. The second-order valence-electron chi connectivity index (χ2n) is 5.70. The van der Waals surface area contributed by atoms with Crippen molar-refractivity contribution in [2.45, 2.75) is 32.7 Å². The number of ether oxygens (including phenoxy) is 1. The molecule has 1 fully saturated rings. The molecule has 0 aromatic carbocycles. The fourth-order valence-corrected chi connectivity index (χ4v) is 3.78. The number of piperidine rings is 1. The number of aromatic nitrogens is 1. The molecule has 21 heavy (non-hydrogen) atoms. The molecule has 0 bridgehead atoms. The molecule has 1 aromatic rings. The van der Waals surface area contributed by atoms with Gasteiger partial charge in [0.1, 0.15) is 5.01 Å². The minimum absolute atomic E-state index is 0.180. The highest BCUT2D eigenvalue weighted by Crippen LogP contribution is 2.32. The Hall–Kier alpha value is -0.980. The number of nitrogens with zero attached hydrogens (tertiary/aromatic N) is 2. The summed E-state index contributed by atoms with van der Waals surface area (Å²) < 4.78 is 5.34. The number of thiazole rings is 1. The largest absolute Gasteiger partial charge is 0.384 e. The molecule has 5 nitrogen and oxygen atoms in total. The van der Waals surface area contributed by atoms with E-state index in [4.69, 9.17) is 4.74 Å². The molecule has 2 heterocycles. The van der Waals surface area contributed by atoms with Crippen molar-refractivity contribution in [1.29, 1.82) is 0 Å². The highest BCUT2D eigenvalue weighted by atomic mass is 32.1. The number of amides is 1. The van der Waals surface area contributed by atoms with E-state index < -0.39 is 0 Å². The van der Waals surface area contributed by atoms with Crippen molar-refractivity contribution in [3.63, 3.8) is 0 Å². The molecule has 2 rings (SSSR count). The lowest BCUT2D eigenvalue weighted by molar-refractivity contribution is -0.146. The molecule has 118 valence electrons. The third kappa shape index (κ3) is 3.81. The predicted molar refractivity (Wildman–Crippen MR) is 84.4 cm³/mol. The fourth-order valence-electron chi connectivity index (χ4n) is 2.87. The Balaban J connectivity index is 2.05. The van der Waals surface area contributed by atoms with Crippen LogP contribution in [-0.2, 0) is 22.5 Å². The van der Waals surface area contributed by atoms with Gasteiger partial charge in [-0.3, -0.25) is 4.79 Å². The van der Waals surface area contributed by atoms with Crippen molar-refractivity contribution in [3.8, 4) is 0 Å². The van der Waals surface area contributed by atoms with Crippen LogP contribution in [-0.4, -0.2) is 49.6 Å². The average Bonchev–Trinajstić information content (AvgIpc) is 2.95. The molecule has 1 aliphatic heterocycles. The van der Waals surface area contributed by atoms with Gasteiger partial charge in [-0.1, -0.05) is 6.92 Å². The van der Waals surface area contributed by atoms with Crippen LogP contribution >= 0.6 is 11.3 Å². The molecule has 0 saturated carbocycles. The van der Waals surface area contributed by atoms with Crippen LogP contribution in [0.5, 0.6) is 0 Å². The Bertz CT molecular complexity index is 464. The van der Waals surface area contributed by atoms with E-state index in [-0.39, 0.29) is 11.3 Å². The van der Waals surface area contributed by atoms with Crippen LogP contribution in [0, 0.1) is 5.41 Å². The summed E-state index contributed by atoms with van der Waals surface area (Å²) in [5.74, 6) is 0.180. The Morgan fingerprint density at radius 3 is 2.81 bits per heavy atom. The maximum absolute atomic E-state index is 12.9. The Morgan fingerprint density at radius 1 is 1.52 bits per heavy atom. The van der Waals surface area contributed by atoms with Crippen LogP contribution in [0.3, 0.4) is 0 Å². The quantitative estimate of drug-likeness (QED) is 0.868. The fraction of sp³-hybridized carbons (Fsp3) is 0.733. The van der Waals surface area contributed by atoms with Gasteiger partial charge in [0.2, 0.25) is 5.91 Å². The standard InChI is InChI=1S/C15H25N3O2S/c1-4-12-9-17-13(21-12)10-18(2)14(19)15(11-20-3)5-7-16-8-6-15/h9,16H,4-8,10-11H2,1-3H3. The predicted octanol–water partition coefficient (Wildman–Crippen LogP) is 1.68. The summed E-state index contributed by atoms with van der Waals surface area (Å²) in [4.78, 5) is 20.4. The van der Waals surface area contributed by atoms with E-state index in [9.17, 15) is 4.79 Å². The van der Waals surface area contributed by atoms with Gasteiger partial charge >= 0.3 is 0 Å². The second-order valence-corrected chi connectivity index (χ2v) is 6.90. The zero-order chi connectivity index (χ0) is 15.3. The van der Waals surface area contributed by atoms with Crippen LogP contribution in [0.2, 0.25) is 0 Å². The van der Waals surface area contributed by atoms with Gasteiger partial charge in [0.15, 0.2) is 0 Å². The van der Waals surface area contributed by atoms with E-state index in [0.717, 1.165) is 37.4 Å². The molecule has 0 radical (unpaired) electrons. The molecule has 1 amide bonds. The monoisotopic (exact) mass is 311 g/mol. The van der Waals surface area contributed by atoms with Crippen molar-refractivity contribution < 1.29 is 9.53 Å². The number of methoxy groups -OCH3 is 1. The normalized spacial score (nSPS) is 17.7. The van der Waals surface area contributed by atoms with Crippen molar-refractivity contribution >= 4 is 17.2 Å². The maximum atomic E-state index is 12.9. The summed E-state index contributed by atoms with van der Waals surface area (Å²) >= 11 is 1.69. The summed E-state index contributed by atoms with van der Waals surface area (Å²) in [5.41, 5.74) is -0.375. The Morgan fingerprint density at radius 2 is 2.24 bits per heavy atom. The first kappa shape index (κ1) is 16.4. The first-order chi connectivity index (χ1) is 10.1. The number of rotatable bonds is 6. The molecular formula is C15H25N3O2S. The van der Waals surface area contributed by atoms with Crippen LogP contribution < -0.4 is 5.32 Å². The SMILES string of the molecule is CCc1cnc(CN(C)C(=O)C2(COC)CCNCC2)s1. The minimum atomic E-state index is -0.375. The van der Waals surface area contributed by atoms with Gasteiger partial charge in [0.25, 0.3) is 0 Å². The Kier molecular flexibility index (Phi) is 5.72. The van der Waals surface area contributed by atoms with Crippen molar-refractivity contribution in [3.05, 3.63) is 16.1 Å². The molecule has 1 aliphatic rings. The molecule has 0 aliphatic carbocycles. The van der Waals surface area contributed by atoms with E-state index in [2.05, 4.69) is 17.2 Å². The molecular weight excluding hydrogens is 286 g/mol. The summed E-state index contributed by atoms with van der Waals surface area (Å²) in [6.45, 7) is 4.95. The lowest BCUT2D eigenvalue weighted by Gasteiger charge is -2.38. The lowest BCUT2D eigenvalue weighted by Crippen LogP contribution is -2.50. The van der Waals surface area contributed by atoms with Crippen LogP contribution in [0.4, 0.5) is 0 Å². The van der Waals surface area contributed by atoms with E-state index in [1.807, 2.05) is 18.1 Å². The molecule has 0 spiro atoms. The molecule has 0 atom stereocenters. The number of aryl methyl sites for hydroxylation is 1. The lowest BCUT2D eigenvalue weighted by atomic mass is 9.78. The van der Waals surface area contributed by atoms with Crippen molar-refractivity contribution in [1.82, 2.24) is 15.2 Å². The van der Waals surface area contributed by atoms with Crippen LogP contribution in [0.15, 0.2) is 6.20 Å². The summed E-state index contributed by atoms with van der Waals surface area (Å²) in [6.07, 6.45) is 4.58. The van der Waals surface area contributed by atoms with Gasteiger partial charge in [-0.25, -0.2) is 4.98 Å². The number of hydrogen-bond acceptors (Lipinski definition) is 5. The van der Waals surface area contributed by atoms with Crippen LogP contribution in [0.25, 0.3) is 0 Å². The topological polar surface area (TPSA) is 54.5 Å². The first-order valence-electron chi connectivity index (χ1n) is 7.50. The highest BCUT2D eigenvalue weighted by Gasteiger charge is 2.41. The molecule has 1 aromatic heterocycles. The van der Waals surface area contributed by atoms with Gasteiger partial charge in [-0.15, -0.1) is 11.3 Å². The van der Waals surface area contributed by atoms with Gasteiger partial charge < -0.3 is 15.0 Å². The van der Waals surface area contributed by atoms with Crippen molar-refractivity contribution in [2.24, 2.45) is 5.41 Å². The number of nitrogens with one attached hydrogen (secondary N) is 1. The van der Waals surface area contributed by atoms with E-state index in [0.29, 0.717) is 13.2 Å².